The highest BCUT2D eigenvalue weighted by Crippen LogP contribution is 2.33. The Kier molecular flexibility index (Phi) is 3.06. The number of nitrogens with zero attached hydrogens (tertiary/aromatic N) is 2. The van der Waals surface area contributed by atoms with Crippen LogP contribution in [0, 0.1) is 0 Å². The topological polar surface area (TPSA) is 82.3 Å². The number of ether oxygens (including phenoxy) is 2. The average Bonchev–Trinajstić information content (AvgIpc) is 2.63. The van der Waals surface area contributed by atoms with Crippen molar-refractivity contribution in [3.8, 4) is 11.5 Å². The van der Waals surface area contributed by atoms with Gasteiger partial charge in [0, 0.05) is 24.2 Å². The second-order valence-corrected chi connectivity index (χ2v) is 4.17. The third-order valence-electron chi connectivity index (χ3n) is 2.71. The summed E-state index contributed by atoms with van der Waals surface area (Å²) in [6.07, 6.45) is 2.31. The van der Waals surface area contributed by atoms with E-state index in [0.717, 1.165) is 23.6 Å². The standard InChI is InChI=1S/C13H14N4O2/c14-12-7-13(16-8-15-12)17-9-2-3-10-11(6-9)19-5-1-4-18-10/h2-3,6-8H,1,4-5H2,(H3,14,15,16,17). The van der Waals surface area contributed by atoms with Crippen LogP contribution in [-0.2, 0) is 0 Å². The fourth-order valence-electron chi connectivity index (χ4n) is 1.83. The fourth-order valence-corrected chi connectivity index (χ4v) is 1.83. The molecule has 1 aliphatic heterocycles. The van der Waals surface area contributed by atoms with Gasteiger partial charge in [0.05, 0.1) is 13.2 Å². The van der Waals surface area contributed by atoms with Crippen LogP contribution in [0.25, 0.3) is 0 Å². The highest BCUT2D eigenvalue weighted by atomic mass is 16.5. The molecule has 3 N–H and O–H groups in total. The molecule has 6 nitrogen and oxygen atoms in total. The molecule has 0 fully saturated rings. The number of nitrogen functional groups attached to an aromatic ring is 1. The maximum atomic E-state index is 5.63. The van der Waals surface area contributed by atoms with Crippen LogP contribution in [-0.4, -0.2) is 23.2 Å². The molecular formula is C13H14N4O2. The van der Waals surface area contributed by atoms with Gasteiger partial charge in [0.15, 0.2) is 11.5 Å². The third kappa shape index (κ3) is 2.67. The first kappa shape index (κ1) is 11.6. The van der Waals surface area contributed by atoms with Crippen LogP contribution in [0.2, 0.25) is 0 Å². The average molecular weight is 258 g/mol. The Labute approximate surface area is 110 Å². The minimum atomic E-state index is 0.423. The molecule has 19 heavy (non-hydrogen) atoms. The van der Waals surface area contributed by atoms with Crippen molar-refractivity contribution in [2.45, 2.75) is 6.42 Å². The molecule has 0 amide bonds. The SMILES string of the molecule is Nc1cc(Nc2ccc3c(c2)OCCCO3)ncn1. The molecule has 0 atom stereocenters. The molecule has 0 unspecified atom stereocenters. The van der Waals surface area contributed by atoms with Crippen molar-refractivity contribution in [1.82, 2.24) is 9.97 Å². The maximum Gasteiger partial charge on any atom is 0.163 e. The zero-order valence-corrected chi connectivity index (χ0v) is 10.3. The van der Waals surface area contributed by atoms with E-state index in [4.69, 9.17) is 15.2 Å². The van der Waals surface area contributed by atoms with Crippen molar-refractivity contribution in [1.29, 1.82) is 0 Å². The number of anilines is 3. The molecule has 2 aromatic rings. The lowest BCUT2D eigenvalue weighted by Crippen LogP contribution is -1.98. The van der Waals surface area contributed by atoms with Crippen molar-refractivity contribution in [2.75, 3.05) is 24.3 Å². The second kappa shape index (κ2) is 5.01. The van der Waals surface area contributed by atoms with Crippen molar-refractivity contribution in [3.05, 3.63) is 30.6 Å². The van der Waals surface area contributed by atoms with Crippen molar-refractivity contribution >= 4 is 17.3 Å². The predicted molar refractivity (Wildman–Crippen MR) is 71.8 cm³/mol. The van der Waals surface area contributed by atoms with Gasteiger partial charge < -0.3 is 20.5 Å². The molecule has 0 spiro atoms. The molecule has 3 rings (SSSR count). The number of hydrogen-bond donors (Lipinski definition) is 2. The normalized spacial score (nSPS) is 13.7. The third-order valence-corrected chi connectivity index (χ3v) is 2.71. The molecule has 1 aromatic heterocycles. The lowest BCUT2D eigenvalue weighted by Gasteiger charge is -2.10. The van der Waals surface area contributed by atoms with Crippen LogP contribution in [0.1, 0.15) is 6.42 Å². The highest BCUT2D eigenvalue weighted by molar-refractivity contribution is 5.62. The largest absolute Gasteiger partial charge is 0.490 e. The summed E-state index contributed by atoms with van der Waals surface area (Å²) >= 11 is 0. The van der Waals surface area contributed by atoms with Gasteiger partial charge in [-0.15, -0.1) is 0 Å². The van der Waals surface area contributed by atoms with Crippen LogP contribution in [0.5, 0.6) is 11.5 Å². The number of rotatable bonds is 2. The van der Waals surface area contributed by atoms with Crippen molar-refractivity contribution < 1.29 is 9.47 Å². The van der Waals surface area contributed by atoms with Crippen molar-refractivity contribution in [2.24, 2.45) is 0 Å². The Morgan fingerprint density at radius 3 is 2.74 bits per heavy atom. The quantitative estimate of drug-likeness (QED) is 0.857. The van der Waals surface area contributed by atoms with E-state index in [-0.39, 0.29) is 0 Å². The number of hydrogen-bond acceptors (Lipinski definition) is 6. The summed E-state index contributed by atoms with van der Waals surface area (Å²) in [6.45, 7) is 1.35. The Morgan fingerprint density at radius 2 is 1.89 bits per heavy atom. The molecule has 0 bridgehead atoms. The van der Waals surface area contributed by atoms with Gasteiger partial charge in [-0.2, -0.15) is 0 Å². The maximum absolute atomic E-state index is 5.63. The summed E-state index contributed by atoms with van der Waals surface area (Å²) in [5.74, 6) is 2.57. The van der Waals surface area contributed by atoms with Crippen LogP contribution in [0.4, 0.5) is 17.3 Å². The number of fused-ring (bicyclic) bond motifs is 1. The van der Waals surface area contributed by atoms with Gasteiger partial charge in [-0.25, -0.2) is 9.97 Å². The molecule has 2 heterocycles. The second-order valence-electron chi connectivity index (χ2n) is 4.17. The van der Waals surface area contributed by atoms with E-state index < -0.39 is 0 Å². The Balaban J connectivity index is 1.84. The summed E-state index contributed by atoms with van der Waals surface area (Å²) in [6, 6.07) is 7.35. The predicted octanol–water partition coefficient (Wildman–Crippen LogP) is 1.96. The zero-order valence-electron chi connectivity index (χ0n) is 10.3. The van der Waals surface area contributed by atoms with Gasteiger partial charge in [-0.3, -0.25) is 0 Å². The van der Waals surface area contributed by atoms with Gasteiger partial charge in [0.1, 0.15) is 18.0 Å². The molecule has 0 radical (unpaired) electrons. The van der Waals surface area contributed by atoms with Crippen molar-refractivity contribution in [3.63, 3.8) is 0 Å². The van der Waals surface area contributed by atoms with Gasteiger partial charge >= 0.3 is 0 Å². The lowest BCUT2D eigenvalue weighted by atomic mass is 10.2. The van der Waals surface area contributed by atoms with Gasteiger partial charge in [-0.1, -0.05) is 0 Å². The van der Waals surface area contributed by atoms with Crippen LogP contribution < -0.4 is 20.5 Å². The van der Waals surface area contributed by atoms with E-state index >= 15 is 0 Å². The number of nitrogens with one attached hydrogen (secondary N) is 1. The number of nitrogens with two attached hydrogens (primary N) is 1. The molecule has 1 aliphatic rings. The van der Waals surface area contributed by atoms with E-state index in [0.29, 0.717) is 24.8 Å². The minimum Gasteiger partial charge on any atom is -0.490 e. The Morgan fingerprint density at radius 1 is 1.05 bits per heavy atom. The minimum absolute atomic E-state index is 0.423. The van der Waals surface area contributed by atoms with Crippen LogP contribution >= 0.6 is 0 Å². The number of benzene rings is 1. The van der Waals surface area contributed by atoms with Crippen LogP contribution in [0.15, 0.2) is 30.6 Å². The molecule has 0 saturated carbocycles. The first-order valence-electron chi connectivity index (χ1n) is 6.05. The summed E-state index contributed by atoms with van der Waals surface area (Å²) in [5, 5.41) is 3.15. The van der Waals surface area contributed by atoms with Crippen LogP contribution in [0.3, 0.4) is 0 Å². The molecule has 1 aromatic carbocycles. The van der Waals surface area contributed by atoms with E-state index in [2.05, 4.69) is 15.3 Å². The fraction of sp³-hybridized carbons (Fsp3) is 0.231. The van der Waals surface area contributed by atoms with E-state index in [1.165, 1.54) is 6.33 Å². The van der Waals surface area contributed by atoms with E-state index in [1.54, 1.807) is 6.07 Å². The van der Waals surface area contributed by atoms with E-state index in [1.807, 2.05) is 18.2 Å². The Hall–Kier alpha value is -2.50. The molecule has 0 saturated heterocycles. The molecule has 6 heteroatoms. The summed E-state index contributed by atoms with van der Waals surface area (Å²) < 4.78 is 11.2. The van der Waals surface area contributed by atoms with Gasteiger partial charge in [-0.05, 0) is 12.1 Å². The summed E-state index contributed by atoms with van der Waals surface area (Å²) in [7, 11) is 0. The number of aromatic nitrogens is 2. The highest BCUT2D eigenvalue weighted by Gasteiger charge is 2.10. The zero-order chi connectivity index (χ0) is 13.1. The lowest BCUT2D eigenvalue weighted by molar-refractivity contribution is 0.297. The van der Waals surface area contributed by atoms with Gasteiger partial charge in [0.25, 0.3) is 0 Å². The monoisotopic (exact) mass is 258 g/mol. The van der Waals surface area contributed by atoms with Gasteiger partial charge in [0.2, 0.25) is 0 Å². The smallest absolute Gasteiger partial charge is 0.163 e. The summed E-state index contributed by atoms with van der Waals surface area (Å²) in [5.41, 5.74) is 6.47. The van der Waals surface area contributed by atoms with E-state index in [9.17, 15) is 0 Å². The molecule has 0 aliphatic carbocycles. The Bertz CT molecular complexity index is 589. The first-order valence-corrected chi connectivity index (χ1v) is 6.05. The molecular weight excluding hydrogens is 244 g/mol. The first-order chi connectivity index (χ1) is 9.31. The molecule has 98 valence electrons. The summed E-state index contributed by atoms with van der Waals surface area (Å²) in [4.78, 5) is 7.94.